The van der Waals surface area contributed by atoms with Gasteiger partial charge >= 0.3 is 11.9 Å². The highest BCUT2D eigenvalue weighted by atomic mass is 16.6. The zero-order chi connectivity index (χ0) is 31.7. The zero-order valence-electron chi connectivity index (χ0n) is 25.8. The Hall–Kier alpha value is -5.20. The highest BCUT2D eigenvalue weighted by Gasteiger charge is 2.58. The molecule has 2 aliphatic rings. The first-order valence-electron chi connectivity index (χ1n) is 15.6. The molecule has 5 aromatic carbocycles. The Morgan fingerprint density at radius 1 is 0.717 bits per heavy atom. The van der Waals surface area contributed by atoms with E-state index in [0.29, 0.717) is 18.5 Å². The van der Waals surface area contributed by atoms with Gasteiger partial charge in [-0.2, -0.15) is 0 Å². The molecule has 6 nitrogen and oxygen atoms in total. The molecule has 0 spiro atoms. The van der Waals surface area contributed by atoms with E-state index in [9.17, 15) is 9.59 Å². The maximum Gasteiger partial charge on any atom is 0.338 e. The van der Waals surface area contributed by atoms with E-state index in [1.807, 2.05) is 48.5 Å². The number of methoxy groups -OCH3 is 1. The molecule has 1 aliphatic carbocycles. The summed E-state index contributed by atoms with van der Waals surface area (Å²) in [6, 6.07) is 44.0. The molecule has 1 fully saturated rings. The molecule has 0 radical (unpaired) electrons. The summed E-state index contributed by atoms with van der Waals surface area (Å²) >= 11 is 0. The third kappa shape index (κ3) is 5.05. The van der Waals surface area contributed by atoms with Crippen LogP contribution in [0.5, 0.6) is 5.75 Å². The summed E-state index contributed by atoms with van der Waals surface area (Å²) in [4.78, 5) is 28.7. The van der Waals surface area contributed by atoms with Crippen LogP contribution < -0.4 is 4.74 Å². The number of nitrogens with zero attached hydrogens (tertiary/aromatic N) is 1. The van der Waals surface area contributed by atoms with E-state index in [4.69, 9.17) is 14.2 Å². The Labute approximate surface area is 269 Å². The molecule has 0 bridgehead atoms. The van der Waals surface area contributed by atoms with Crippen LogP contribution in [0.3, 0.4) is 0 Å². The lowest BCUT2D eigenvalue weighted by Gasteiger charge is -2.45. The number of ether oxygens (including phenoxy) is 3. The summed E-state index contributed by atoms with van der Waals surface area (Å²) in [5.74, 6) is -0.111. The molecule has 0 aromatic heterocycles. The Balaban J connectivity index is 1.43. The molecule has 6 heteroatoms. The first-order valence-corrected chi connectivity index (χ1v) is 15.6. The molecular formula is C40H35NO5. The lowest BCUT2D eigenvalue weighted by atomic mass is 9.78. The molecule has 5 aromatic rings. The smallest absolute Gasteiger partial charge is 0.338 e. The molecular weight excluding hydrogens is 574 g/mol. The first-order chi connectivity index (χ1) is 22.5. The lowest BCUT2D eigenvalue weighted by Crippen LogP contribution is -2.52. The maximum absolute atomic E-state index is 13.5. The van der Waals surface area contributed by atoms with Crippen LogP contribution in [0.4, 0.5) is 0 Å². The van der Waals surface area contributed by atoms with Crippen LogP contribution in [-0.2, 0) is 26.2 Å². The largest absolute Gasteiger partial charge is 0.497 e. The van der Waals surface area contributed by atoms with Crippen molar-refractivity contribution in [3.63, 3.8) is 0 Å². The maximum atomic E-state index is 13.5. The van der Waals surface area contributed by atoms with Crippen LogP contribution >= 0.6 is 0 Å². The summed E-state index contributed by atoms with van der Waals surface area (Å²) in [5, 5.41) is 0. The summed E-state index contributed by atoms with van der Waals surface area (Å²) in [6.07, 6.45) is -0.909. The number of benzene rings is 5. The van der Waals surface area contributed by atoms with Gasteiger partial charge in [0, 0.05) is 13.5 Å². The van der Waals surface area contributed by atoms with Crippen LogP contribution in [0.1, 0.15) is 39.5 Å². The third-order valence-corrected chi connectivity index (χ3v) is 9.24. The molecule has 3 atom stereocenters. The molecule has 230 valence electrons. The summed E-state index contributed by atoms with van der Waals surface area (Å²) in [5.41, 5.74) is 6.41. The van der Waals surface area contributed by atoms with Crippen LogP contribution in [0.2, 0.25) is 0 Å². The third-order valence-electron chi connectivity index (χ3n) is 9.24. The summed E-state index contributed by atoms with van der Waals surface area (Å²) < 4.78 is 17.9. The molecule has 0 amide bonds. The van der Waals surface area contributed by atoms with Crippen molar-refractivity contribution in [2.45, 2.75) is 37.1 Å². The number of hydrogen-bond acceptors (Lipinski definition) is 6. The minimum Gasteiger partial charge on any atom is -0.497 e. The second-order valence-electron chi connectivity index (χ2n) is 11.8. The minimum absolute atomic E-state index is 0.342. The molecule has 1 heterocycles. The predicted octanol–water partition coefficient (Wildman–Crippen LogP) is 7.05. The van der Waals surface area contributed by atoms with Gasteiger partial charge in [0.15, 0.2) is 12.2 Å². The number of carbonyl (C=O) groups is 2. The average molecular weight is 610 g/mol. The van der Waals surface area contributed by atoms with Crippen molar-refractivity contribution >= 4 is 11.9 Å². The van der Waals surface area contributed by atoms with Gasteiger partial charge in [-0.15, -0.1) is 0 Å². The Morgan fingerprint density at radius 2 is 1.28 bits per heavy atom. The van der Waals surface area contributed by atoms with Gasteiger partial charge in [0.25, 0.3) is 0 Å². The molecule has 0 unspecified atom stereocenters. The standard InChI is InChI=1S/C40H35NO5/c1-27(42)45-38-36(25-28-21-23-31(44-2)24-22-28)41(26-37(38)46-39(43)29-13-5-3-6-14-29)40(30-15-7-4-8-16-30)34-19-11-9-17-32(34)33-18-10-12-20-35(33)40/h3-24,36-38H,25-26H2,1-2H3/t36-,37-,38-/m1/s1. The van der Waals surface area contributed by atoms with E-state index in [0.717, 1.165) is 39.1 Å². The highest BCUT2D eigenvalue weighted by Crippen LogP contribution is 2.56. The van der Waals surface area contributed by atoms with Crippen molar-refractivity contribution in [2.24, 2.45) is 0 Å². The highest BCUT2D eigenvalue weighted by molar-refractivity contribution is 5.89. The van der Waals surface area contributed by atoms with Crippen molar-refractivity contribution in [1.82, 2.24) is 4.90 Å². The van der Waals surface area contributed by atoms with Gasteiger partial charge < -0.3 is 14.2 Å². The van der Waals surface area contributed by atoms with Gasteiger partial charge in [-0.1, -0.05) is 109 Å². The van der Waals surface area contributed by atoms with E-state index < -0.39 is 29.7 Å². The van der Waals surface area contributed by atoms with E-state index in [1.54, 1.807) is 19.2 Å². The number of likely N-dealkylation sites (tertiary alicyclic amines) is 1. The number of hydrogen-bond donors (Lipinski definition) is 0. The van der Waals surface area contributed by atoms with Gasteiger partial charge in [0.05, 0.1) is 24.3 Å². The molecule has 1 saturated heterocycles. The summed E-state index contributed by atoms with van der Waals surface area (Å²) in [7, 11) is 1.65. The Kier molecular flexibility index (Phi) is 7.89. The number of carbonyl (C=O) groups excluding carboxylic acids is 2. The summed E-state index contributed by atoms with van der Waals surface area (Å²) in [6.45, 7) is 1.76. The number of esters is 2. The van der Waals surface area contributed by atoms with Crippen molar-refractivity contribution in [3.05, 3.63) is 161 Å². The Bertz CT molecular complexity index is 1810. The molecule has 1 aliphatic heterocycles. The van der Waals surface area contributed by atoms with Crippen molar-refractivity contribution in [3.8, 4) is 16.9 Å². The van der Waals surface area contributed by atoms with E-state index in [-0.39, 0.29) is 6.04 Å². The quantitative estimate of drug-likeness (QED) is 0.176. The van der Waals surface area contributed by atoms with Crippen molar-refractivity contribution in [1.29, 1.82) is 0 Å². The van der Waals surface area contributed by atoms with E-state index in [1.165, 1.54) is 6.92 Å². The van der Waals surface area contributed by atoms with Crippen LogP contribution in [-0.4, -0.2) is 48.7 Å². The second kappa shape index (κ2) is 12.3. The van der Waals surface area contributed by atoms with Crippen LogP contribution in [0, 0.1) is 0 Å². The molecule has 7 rings (SSSR count). The zero-order valence-corrected chi connectivity index (χ0v) is 25.8. The minimum atomic E-state index is -0.752. The SMILES string of the molecule is COc1ccc(C[C@@H]2[C@@H](OC(C)=O)[C@H](OC(=O)c3ccccc3)CN2C2(c3ccccc3)c3ccccc3-c3ccccc32)cc1. The Morgan fingerprint density at radius 3 is 1.87 bits per heavy atom. The predicted molar refractivity (Wildman–Crippen MR) is 177 cm³/mol. The van der Waals surface area contributed by atoms with Gasteiger partial charge in [-0.3, -0.25) is 9.69 Å². The first kappa shape index (κ1) is 29.5. The topological polar surface area (TPSA) is 65.1 Å². The fourth-order valence-electron chi connectivity index (χ4n) is 7.38. The van der Waals surface area contributed by atoms with Crippen LogP contribution in [0.25, 0.3) is 11.1 Å². The van der Waals surface area contributed by atoms with Gasteiger partial charge in [-0.25, -0.2) is 4.79 Å². The van der Waals surface area contributed by atoms with Gasteiger partial charge in [0.1, 0.15) is 5.75 Å². The number of fused-ring (bicyclic) bond motifs is 3. The second-order valence-corrected chi connectivity index (χ2v) is 11.8. The number of rotatable bonds is 8. The lowest BCUT2D eigenvalue weighted by molar-refractivity contribution is -0.152. The molecule has 0 N–H and O–H groups in total. The molecule has 0 saturated carbocycles. The fourth-order valence-corrected chi connectivity index (χ4v) is 7.38. The normalized spacial score (nSPS) is 19.6. The van der Waals surface area contributed by atoms with Gasteiger partial charge in [0.2, 0.25) is 0 Å². The van der Waals surface area contributed by atoms with Crippen LogP contribution in [0.15, 0.2) is 133 Å². The van der Waals surface area contributed by atoms with Crippen molar-refractivity contribution in [2.75, 3.05) is 13.7 Å². The van der Waals surface area contributed by atoms with E-state index >= 15 is 0 Å². The fraction of sp³-hybridized carbons (Fsp3) is 0.200. The molecule has 46 heavy (non-hydrogen) atoms. The average Bonchev–Trinajstić information content (AvgIpc) is 3.58. The van der Waals surface area contributed by atoms with E-state index in [2.05, 4.69) is 77.7 Å². The van der Waals surface area contributed by atoms with Gasteiger partial charge in [-0.05, 0) is 64.1 Å². The van der Waals surface area contributed by atoms with Crippen molar-refractivity contribution < 1.29 is 23.8 Å². The monoisotopic (exact) mass is 609 g/mol.